The molecule has 1 heterocycles. The molecule has 132 valence electrons. The summed E-state index contributed by atoms with van der Waals surface area (Å²) in [6, 6.07) is 7.18. The first-order valence-corrected chi connectivity index (χ1v) is 8.09. The molecule has 0 aliphatic carbocycles. The van der Waals surface area contributed by atoms with Crippen LogP contribution < -0.4 is 10.2 Å². The molecular weight excluding hydrogens is 311 g/mol. The number of hydrogen-bond acceptors (Lipinski definition) is 6. The number of benzene rings is 1. The van der Waals surface area contributed by atoms with Gasteiger partial charge in [-0.3, -0.25) is 0 Å². The second-order valence-corrected chi connectivity index (χ2v) is 6.74. The van der Waals surface area contributed by atoms with Crippen LogP contribution in [0.25, 0.3) is 0 Å². The number of carbonyl (C=O) groups excluding carboxylic acids is 1. The van der Waals surface area contributed by atoms with Crippen LogP contribution in [0.3, 0.4) is 0 Å². The van der Waals surface area contributed by atoms with Crippen molar-refractivity contribution >= 4 is 18.6 Å². The van der Waals surface area contributed by atoms with Gasteiger partial charge < -0.3 is 23.9 Å². The fourth-order valence-corrected chi connectivity index (χ4v) is 2.18. The van der Waals surface area contributed by atoms with Crippen molar-refractivity contribution < 1.29 is 28.7 Å². The van der Waals surface area contributed by atoms with Crippen LogP contribution in [0.2, 0.25) is 0 Å². The van der Waals surface area contributed by atoms with Gasteiger partial charge in [-0.1, -0.05) is 12.1 Å². The average molecular weight is 336 g/mol. The minimum absolute atomic E-state index is 0.158. The zero-order chi connectivity index (χ0) is 18.0. The van der Waals surface area contributed by atoms with Gasteiger partial charge in [-0.2, -0.15) is 0 Å². The van der Waals surface area contributed by atoms with Crippen LogP contribution in [0, 0.1) is 0 Å². The molecular formula is C17H25BO6. The van der Waals surface area contributed by atoms with Crippen molar-refractivity contribution in [2.24, 2.45) is 0 Å². The molecule has 0 bridgehead atoms. The zero-order valence-electron chi connectivity index (χ0n) is 14.9. The number of aliphatic hydroxyl groups excluding tert-OH is 1. The molecule has 0 amide bonds. The minimum Gasteiger partial charge on any atom is -0.490 e. The van der Waals surface area contributed by atoms with E-state index in [0.717, 1.165) is 5.46 Å². The van der Waals surface area contributed by atoms with Gasteiger partial charge in [-0.25, -0.2) is 4.79 Å². The molecule has 0 saturated carbocycles. The van der Waals surface area contributed by atoms with Crippen LogP contribution in [0.15, 0.2) is 24.3 Å². The van der Waals surface area contributed by atoms with Gasteiger partial charge in [-0.05, 0) is 52.2 Å². The Kier molecular flexibility index (Phi) is 5.57. The van der Waals surface area contributed by atoms with E-state index in [0.29, 0.717) is 5.75 Å². The van der Waals surface area contributed by atoms with Gasteiger partial charge in [0.05, 0.1) is 17.8 Å². The lowest BCUT2D eigenvalue weighted by Gasteiger charge is -2.32. The Morgan fingerprint density at radius 3 is 2.21 bits per heavy atom. The highest BCUT2D eigenvalue weighted by atomic mass is 16.7. The van der Waals surface area contributed by atoms with Crippen molar-refractivity contribution in [3.05, 3.63) is 24.3 Å². The van der Waals surface area contributed by atoms with E-state index in [-0.39, 0.29) is 13.2 Å². The Morgan fingerprint density at radius 2 is 1.71 bits per heavy atom. The van der Waals surface area contributed by atoms with Gasteiger partial charge in [0.15, 0.2) is 6.10 Å². The number of esters is 1. The van der Waals surface area contributed by atoms with E-state index in [1.54, 1.807) is 19.1 Å². The largest absolute Gasteiger partial charge is 0.494 e. The quantitative estimate of drug-likeness (QED) is 0.623. The summed E-state index contributed by atoms with van der Waals surface area (Å²) in [5.74, 6) is -0.148. The van der Waals surface area contributed by atoms with E-state index < -0.39 is 30.4 Å². The van der Waals surface area contributed by atoms with Crippen LogP contribution in [-0.4, -0.2) is 48.7 Å². The van der Waals surface area contributed by atoms with E-state index >= 15 is 0 Å². The summed E-state index contributed by atoms with van der Waals surface area (Å²) in [6.45, 7) is 9.75. The third-order valence-electron chi connectivity index (χ3n) is 4.37. The smallest absolute Gasteiger partial charge is 0.490 e. The Bertz CT molecular complexity index is 553. The number of aliphatic hydroxyl groups is 1. The normalized spacial score (nSPS) is 19.8. The predicted octanol–water partition coefficient (Wildman–Crippen LogP) is 1.29. The maximum absolute atomic E-state index is 11.3. The molecule has 7 heteroatoms. The van der Waals surface area contributed by atoms with E-state index in [4.69, 9.17) is 18.8 Å². The van der Waals surface area contributed by atoms with Crippen LogP contribution in [-0.2, 0) is 18.8 Å². The first kappa shape index (κ1) is 18.8. The minimum atomic E-state index is -1.30. The van der Waals surface area contributed by atoms with Gasteiger partial charge in [-0.15, -0.1) is 0 Å². The summed E-state index contributed by atoms with van der Waals surface area (Å²) in [4.78, 5) is 11.3. The van der Waals surface area contributed by atoms with Gasteiger partial charge in [0.1, 0.15) is 12.4 Å². The Hall–Kier alpha value is -1.57. The molecule has 1 aromatic rings. The molecule has 1 aromatic carbocycles. The molecule has 1 atom stereocenters. The van der Waals surface area contributed by atoms with Crippen molar-refractivity contribution in [1.29, 1.82) is 0 Å². The lowest BCUT2D eigenvalue weighted by Crippen LogP contribution is -2.41. The predicted molar refractivity (Wildman–Crippen MR) is 90.3 cm³/mol. The van der Waals surface area contributed by atoms with Gasteiger partial charge >= 0.3 is 13.1 Å². The SMILES string of the molecule is CCOC(=O)[C@H](O)COc1ccc(B2OC(C)(C)C(C)(C)O2)cc1. The summed E-state index contributed by atoms with van der Waals surface area (Å²) in [5, 5.41) is 9.61. The van der Waals surface area contributed by atoms with E-state index in [2.05, 4.69) is 0 Å². The zero-order valence-corrected chi connectivity index (χ0v) is 14.9. The average Bonchev–Trinajstić information content (AvgIpc) is 2.74. The van der Waals surface area contributed by atoms with Crippen molar-refractivity contribution in [1.82, 2.24) is 0 Å². The molecule has 1 aliphatic rings. The second-order valence-electron chi connectivity index (χ2n) is 6.74. The van der Waals surface area contributed by atoms with Crippen molar-refractivity contribution in [3.8, 4) is 5.75 Å². The monoisotopic (exact) mass is 336 g/mol. The summed E-state index contributed by atoms with van der Waals surface area (Å²) in [6.07, 6.45) is -1.30. The van der Waals surface area contributed by atoms with Crippen molar-refractivity contribution in [2.75, 3.05) is 13.2 Å². The molecule has 0 radical (unpaired) electrons. The molecule has 0 aromatic heterocycles. The second kappa shape index (κ2) is 7.13. The summed E-state index contributed by atoms with van der Waals surface area (Å²) >= 11 is 0. The third kappa shape index (κ3) is 4.09. The molecule has 24 heavy (non-hydrogen) atoms. The maximum atomic E-state index is 11.3. The highest BCUT2D eigenvalue weighted by Gasteiger charge is 2.51. The fraction of sp³-hybridized carbons (Fsp3) is 0.588. The molecule has 6 nitrogen and oxygen atoms in total. The van der Waals surface area contributed by atoms with E-state index in [1.807, 2.05) is 39.8 Å². The fourth-order valence-electron chi connectivity index (χ4n) is 2.18. The molecule has 2 rings (SSSR count). The van der Waals surface area contributed by atoms with Crippen LogP contribution in [0.5, 0.6) is 5.75 Å². The Labute approximate surface area is 143 Å². The van der Waals surface area contributed by atoms with Crippen molar-refractivity contribution in [3.63, 3.8) is 0 Å². The Morgan fingerprint density at radius 1 is 1.17 bits per heavy atom. The molecule has 0 unspecified atom stereocenters. The van der Waals surface area contributed by atoms with Crippen LogP contribution >= 0.6 is 0 Å². The highest BCUT2D eigenvalue weighted by molar-refractivity contribution is 6.62. The summed E-state index contributed by atoms with van der Waals surface area (Å²) in [5.41, 5.74) is 0.0969. The van der Waals surface area contributed by atoms with Gasteiger partial charge in [0.25, 0.3) is 0 Å². The molecule has 1 saturated heterocycles. The lowest BCUT2D eigenvalue weighted by molar-refractivity contribution is -0.154. The summed E-state index contributed by atoms with van der Waals surface area (Å²) < 4.78 is 22.1. The molecule has 1 fully saturated rings. The van der Waals surface area contributed by atoms with Crippen molar-refractivity contribution in [2.45, 2.75) is 51.9 Å². The number of rotatable bonds is 6. The first-order chi connectivity index (χ1) is 11.2. The molecule has 0 spiro atoms. The highest BCUT2D eigenvalue weighted by Crippen LogP contribution is 2.36. The van der Waals surface area contributed by atoms with Gasteiger partial charge in [0, 0.05) is 0 Å². The van der Waals surface area contributed by atoms with Crippen LogP contribution in [0.1, 0.15) is 34.6 Å². The van der Waals surface area contributed by atoms with Crippen LogP contribution in [0.4, 0.5) is 0 Å². The summed E-state index contributed by atoms with van der Waals surface area (Å²) in [7, 11) is -0.436. The molecule has 1 N–H and O–H groups in total. The number of carbonyl (C=O) groups is 1. The number of hydrogen-bond donors (Lipinski definition) is 1. The van der Waals surface area contributed by atoms with E-state index in [1.165, 1.54) is 0 Å². The number of ether oxygens (including phenoxy) is 2. The maximum Gasteiger partial charge on any atom is 0.494 e. The Balaban J connectivity index is 1.93. The topological polar surface area (TPSA) is 74.2 Å². The van der Waals surface area contributed by atoms with Gasteiger partial charge in [0.2, 0.25) is 0 Å². The standard InChI is InChI=1S/C17H25BO6/c1-6-21-15(20)14(19)11-22-13-9-7-12(8-10-13)18-23-16(2,3)17(4,5)24-18/h7-10,14,19H,6,11H2,1-5H3/t14-/m1/s1. The lowest BCUT2D eigenvalue weighted by atomic mass is 9.79. The van der Waals surface area contributed by atoms with E-state index in [9.17, 15) is 9.90 Å². The first-order valence-electron chi connectivity index (χ1n) is 8.09. The molecule has 1 aliphatic heterocycles. The third-order valence-corrected chi connectivity index (χ3v) is 4.37.